The number of carbonyl (C=O) groups is 3. The molecule has 0 spiro atoms. The number of esters is 1. The van der Waals surface area contributed by atoms with Gasteiger partial charge in [0.25, 0.3) is 5.91 Å². The largest absolute Gasteiger partial charge is 0.465 e. The third-order valence-electron chi connectivity index (χ3n) is 3.99. The van der Waals surface area contributed by atoms with Gasteiger partial charge >= 0.3 is 5.97 Å². The van der Waals surface area contributed by atoms with E-state index in [-0.39, 0.29) is 17.1 Å². The Kier molecular flexibility index (Phi) is 5.17. The molecule has 0 atom stereocenters. The fourth-order valence-electron chi connectivity index (χ4n) is 2.55. The van der Waals surface area contributed by atoms with Crippen molar-refractivity contribution in [1.82, 2.24) is 0 Å². The standard InChI is InChI=1S/C21H17NO5/c1-13(23)14-7-9-15(10-8-14)18-11-12-19(27-18)20(24)22-17-6-4-3-5-16(17)21(25)26-2/h3-12H,1-2H3,(H,22,24). The van der Waals surface area contributed by atoms with Crippen LogP contribution >= 0.6 is 0 Å². The number of carbonyl (C=O) groups excluding carboxylic acids is 3. The molecule has 0 unspecified atom stereocenters. The fourth-order valence-corrected chi connectivity index (χ4v) is 2.55. The maximum Gasteiger partial charge on any atom is 0.339 e. The lowest BCUT2D eigenvalue weighted by atomic mass is 10.1. The number of furan rings is 1. The highest BCUT2D eigenvalue weighted by atomic mass is 16.5. The van der Waals surface area contributed by atoms with Crippen LogP contribution in [0.25, 0.3) is 11.3 Å². The highest BCUT2D eigenvalue weighted by Crippen LogP contribution is 2.24. The van der Waals surface area contributed by atoms with Crippen LogP contribution < -0.4 is 5.32 Å². The third kappa shape index (κ3) is 3.95. The summed E-state index contributed by atoms with van der Waals surface area (Å²) in [5.41, 5.74) is 1.93. The number of para-hydroxylation sites is 1. The van der Waals surface area contributed by atoms with E-state index in [0.29, 0.717) is 17.0 Å². The van der Waals surface area contributed by atoms with Gasteiger partial charge in [-0.3, -0.25) is 9.59 Å². The van der Waals surface area contributed by atoms with E-state index in [4.69, 9.17) is 9.15 Å². The highest BCUT2D eigenvalue weighted by Gasteiger charge is 2.17. The van der Waals surface area contributed by atoms with Crippen molar-refractivity contribution in [3.8, 4) is 11.3 Å². The molecule has 0 aliphatic rings. The minimum Gasteiger partial charge on any atom is -0.465 e. The average molecular weight is 363 g/mol. The Morgan fingerprint density at radius 3 is 2.30 bits per heavy atom. The third-order valence-corrected chi connectivity index (χ3v) is 3.99. The first-order valence-electron chi connectivity index (χ1n) is 8.19. The quantitative estimate of drug-likeness (QED) is 0.543. The minimum absolute atomic E-state index is 0.0228. The second kappa shape index (κ2) is 7.70. The van der Waals surface area contributed by atoms with Gasteiger partial charge in [-0.1, -0.05) is 36.4 Å². The maximum atomic E-state index is 12.5. The molecule has 0 fully saturated rings. The molecular formula is C21H17NO5. The van der Waals surface area contributed by atoms with Crippen LogP contribution in [0, 0.1) is 0 Å². The van der Waals surface area contributed by atoms with Gasteiger partial charge in [0.05, 0.1) is 18.4 Å². The van der Waals surface area contributed by atoms with Crippen molar-refractivity contribution < 1.29 is 23.5 Å². The molecule has 0 saturated carbocycles. The molecule has 6 nitrogen and oxygen atoms in total. The molecule has 27 heavy (non-hydrogen) atoms. The van der Waals surface area contributed by atoms with Gasteiger partial charge < -0.3 is 14.5 Å². The van der Waals surface area contributed by atoms with Crippen molar-refractivity contribution >= 4 is 23.3 Å². The molecule has 0 saturated heterocycles. The van der Waals surface area contributed by atoms with Crippen LogP contribution in [-0.4, -0.2) is 24.8 Å². The molecule has 2 aromatic carbocycles. The molecule has 1 amide bonds. The summed E-state index contributed by atoms with van der Waals surface area (Å²) < 4.78 is 10.3. The Labute approximate surface area is 155 Å². The molecule has 1 aromatic heterocycles. The predicted octanol–water partition coefficient (Wildman–Crippen LogP) is 4.19. The van der Waals surface area contributed by atoms with E-state index >= 15 is 0 Å². The molecule has 1 heterocycles. The van der Waals surface area contributed by atoms with Gasteiger partial charge in [-0.2, -0.15) is 0 Å². The molecule has 0 aliphatic heterocycles. The second-order valence-electron chi connectivity index (χ2n) is 5.79. The smallest absolute Gasteiger partial charge is 0.339 e. The monoisotopic (exact) mass is 363 g/mol. The number of rotatable bonds is 5. The number of nitrogens with one attached hydrogen (secondary N) is 1. The predicted molar refractivity (Wildman–Crippen MR) is 99.9 cm³/mol. The van der Waals surface area contributed by atoms with Gasteiger partial charge in [0.15, 0.2) is 11.5 Å². The average Bonchev–Trinajstić information content (AvgIpc) is 3.18. The maximum absolute atomic E-state index is 12.5. The van der Waals surface area contributed by atoms with Crippen LogP contribution in [0.5, 0.6) is 0 Å². The van der Waals surface area contributed by atoms with Gasteiger partial charge in [-0.05, 0) is 31.2 Å². The summed E-state index contributed by atoms with van der Waals surface area (Å²) in [7, 11) is 1.27. The molecule has 3 rings (SSSR count). The van der Waals surface area contributed by atoms with E-state index in [2.05, 4.69) is 5.32 Å². The SMILES string of the molecule is COC(=O)c1ccccc1NC(=O)c1ccc(-c2ccc(C(C)=O)cc2)o1. The number of ketones is 1. The molecule has 6 heteroatoms. The fraction of sp³-hybridized carbons (Fsp3) is 0.0952. The first-order valence-corrected chi connectivity index (χ1v) is 8.19. The number of Topliss-reactive ketones (excluding diaryl/α,β-unsaturated/α-hetero) is 1. The Morgan fingerprint density at radius 2 is 1.63 bits per heavy atom. The Bertz CT molecular complexity index is 1000. The van der Waals surface area contributed by atoms with Gasteiger partial charge in [0.2, 0.25) is 0 Å². The molecule has 136 valence electrons. The number of anilines is 1. The zero-order chi connectivity index (χ0) is 19.4. The van der Waals surface area contributed by atoms with Crippen molar-refractivity contribution in [3.05, 3.63) is 77.6 Å². The van der Waals surface area contributed by atoms with Crippen LogP contribution in [0.15, 0.2) is 65.1 Å². The van der Waals surface area contributed by atoms with E-state index in [1.54, 1.807) is 60.7 Å². The Morgan fingerprint density at radius 1 is 0.926 bits per heavy atom. The number of methoxy groups -OCH3 is 1. The van der Waals surface area contributed by atoms with Crippen LogP contribution in [0.3, 0.4) is 0 Å². The second-order valence-corrected chi connectivity index (χ2v) is 5.79. The normalized spacial score (nSPS) is 10.3. The first kappa shape index (κ1) is 18.1. The van der Waals surface area contributed by atoms with Crippen LogP contribution in [-0.2, 0) is 4.74 Å². The van der Waals surface area contributed by atoms with Gasteiger partial charge in [-0.15, -0.1) is 0 Å². The summed E-state index contributed by atoms with van der Waals surface area (Å²) in [5, 5.41) is 2.65. The van der Waals surface area contributed by atoms with Crippen molar-refractivity contribution in [3.63, 3.8) is 0 Å². The molecule has 0 bridgehead atoms. The van der Waals surface area contributed by atoms with Crippen LogP contribution in [0.4, 0.5) is 5.69 Å². The highest BCUT2D eigenvalue weighted by molar-refractivity contribution is 6.06. The zero-order valence-electron chi connectivity index (χ0n) is 14.8. The number of hydrogen-bond donors (Lipinski definition) is 1. The summed E-state index contributed by atoms with van der Waals surface area (Å²) in [4.78, 5) is 35.6. The summed E-state index contributed by atoms with van der Waals surface area (Å²) in [5.74, 6) is -0.461. The van der Waals surface area contributed by atoms with E-state index in [9.17, 15) is 14.4 Å². The number of ether oxygens (including phenoxy) is 1. The lowest BCUT2D eigenvalue weighted by molar-refractivity contribution is 0.0601. The van der Waals surface area contributed by atoms with Crippen LogP contribution in [0.1, 0.15) is 38.2 Å². The number of benzene rings is 2. The van der Waals surface area contributed by atoms with Crippen molar-refractivity contribution in [2.24, 2.45) is 0 Å². The summed E-state index contributed by atoms with van der Waals surface area (Å²) in [6.45, 7) is 1.50. The lowest BCUT2D eigenvalue weighted by Crippen LogP contribution is -2.14. The topological polar surface area (TPSA) is 85.6 Å². The zero-order valence-corrected chi connectivity index (χ0v) is 14.8. The van der Waals surface area contributed by atoms with Crippen molar-refractivity contribution in [2.75, 3.05) is 12.4 Å². The van der Waals surface area contributed by atoms with E-state index < -0.39 is 11.9 Å². The molecule has 0 radical (unpaired) electrons. The Hall–Kier alpha value is -3.67. The van der Waals surface area contributed by atoms with Crippen molar-refractivity contribution in [1.29, 1.82) is 0 Å². The van der Waals surface area contributed by atoms with Gasteiger partial charge in [0.1, 0.15) is 5.76 Å². The first-order chi connectivity index (χ1) is 13.0. The van der Waals surface area contributed by atoms with Crippen molar-refractivity contribution in [2.45, 2.75) is 6.92 Å². The van der Waals surface area contributed by atoms with Gasteiger partial charge in [0, 0.05) is 11.1 Å². The number of hydrogen-bond acceptors (Lipinski definition) is 5. The summed E-state index contributed by atoms with van der Waals surface area (Å²) in [6.07, 6.45) is 0. The molecule has 1 N–H and O–H groups in total. The van der Waals surface area contributed by atoms with E-state index in [1.807, 2.05) is 0 Å². The molecule has 0 aliphatic carbocycles. The number of amides is 1. The van der Waals surface area contributed by atoms with E-state index in [1.165, 1.54) is 14.0 Å². The lowest BCUT2D eigenvalue weighted by Gasteiger charge is -2.08. The molecule has 3 aromatic rings. The van der Waals surface area contributed by atoms with Crippen LogP contribution in [0.2, 0.25) is 0 Å². The Balaban J connectivity index is 1.80. The minimum atomic E-state index is -0.545. The summed E-state index contributed by atoms with van der Waals surface area (Å²) in [6, 6.07) is 16.7. The summed E-state index contributed by atoms with van der Waals surface area (Å²) >= 11 is 0. The molecular weight excluding hydrogens is 346 g/mol. The van der Waals surface area contributed by atoms with E-state index in [0.717, 1.165) is 5.56 Å². The van der Waals surface area contributed by atoms with Gasteiger partial charge in [-0.25, -0.2) is 4.79 Å².